The van der Waals surface area contributed by atoms with Crippen LogP contribution >= 0.6 is 0 Å². The summed E-state index contributed by atoms with van der Waals surface area (Å²) < 4.78 is 11.0. The zero-order valence-corrected chi connectivity index (χ0v) is 18.6. The fourth-order valence-electron chi connectivity index (χ4n) is 4.45. The molecule has 0 bridgehead atoms. The Morgan fingerprint density at radius 1 is 1.31 bits per heavy atom. The van der Waals surface area contributed by atoms with E-state index in [-0.39, 0.29) is 22.9 Å². The van der Waals surface area contributed by atoms with E-state index in [2.05, 4.69) is 4.98 Å². The molecule has 1 N–H and O–H groups in total. The first-order valence-corrected chi connectivity index (χ1v) is 11.1. The van der Waals surface area contributed by atoms with Crippen molar-refractivity contribution in [1.29, 1.82) is 0 Å². The summed E-state index contributed by atoms with van der Waals surface area (Å²) in [6, 6.07) is 7.19. The second kappa shape index (κ2) is 9.56. The molecule has 1 aromatic carbocycles. The Labute approximate surface area is 187 Å². The fourth-order valence-corrected chi connectivity index (χ4v) is 4.45. The van der Waals surface area contributed by atoms with Gasteiger partial charge in [-0.2, -0.15) is 0 Å². The molecule has 8 nitrogen and oxygen atoms in total. The van der Waals surface area contributed by atoms with Gasteiger partial charge in [0.05, 0.1) is 18.8 Å². The van der Waals surface area contributed by atoms with E-state index in [0.717, 1.165) is 17.5 Å². The highest BCUT2D eigenvalue weighted by molar-refractivity contribution is 5.98. The SMILES string of the molecule is CCOc1ccccc1C(=O)N1CCc2c(c[nH]c(=O)c2C(=O)N(C)CC2CCOC2)C1. The van der Waals surface area contributed by atoms with Crippen molar-refractivity contribution in [1.82, 2.24) is 14.8 Å². The summed E-state index contributed by atoms with van der Waals surface area (Å²) in [5.74, 6) is 0.440. The van der Waals surface area contributed by atoms with Crippen molar-refractivity contribution < 1.29 is 19.1 Å². The highest BCUT2D eigenvalue weighted by Gasteiger charge is 2.30. The molecule has 4 rings (SSSR count). The third-order valence-corrected chi connectivity index (χ3v) is 6.11. The molecule has 1 saturated heterocycles. The van der Waals surface area contributed by atoms with Crippen molar-refractivity contribution in [3.63, 3.8) is 0 Å². The summed E-state index contributed by atoms with van der Waals surface area (Å²) in [7, 11) is 1.73. The van der Waals surface area contributed by atoms with Crippen LogP contribution in [-0.2, 0) is 17.7 Å². The standard InChI is InChI=1S/C24H29N3O5/c1-3-32-20-7-5-4-6-19(20)23(29)27-10-8-18-17(14-27)12-25-22(28)21(18)24(30)26(2)13-16-9-11-31-15-16/h4-7,12,16H,3,8-11,13-15H2,1-2H3,(H,25,28). The number of carbonyl (C=O) groups is 2. The number of hydrogen-bond donors (Lipinski definition) is 1. The molecule has 32 heavy (non-hydrogen) atoms. The Bertz CT molecular complexity index is 1060. The smallest absolute Gasteiger partial charge is 0.261 e. The fraction of sp³-hybridized carbons (Fsp3) is 0.458. The Balaban J connectivity index is 1.55. The van der Waals surface area contributed by atoms with Crippen molar-refractivity contribution >= 4 is 11.8 Å². The van der Waals surface area contributed by atoms with Gasteiger partial charge >= 0.3 is 0 Å². The Hall–Kier alpha value is -3.13. The Morgan fingerprint density at radius 2 is 2.12 bits per heavy atom. The number of amides is 2. The number of H-pyrrole nitrogens is 1. The number of nitrogens with one attached hydrogen (secondary N) is 1. The van der Waals surface area contributed by atoms with Crippen molar-refractivity contribution in [2.75, 3.05) is 40.0 Å². The van der Waals surface area contributed by atoms with Crippen LogP contribution in [0.15, 0.2) is 35.3 Å². The summed E-state index contributed by atoms with van der Waals surface area (Å²) in [5.41, 5.74) is 1.84. The molecule has 2 amide bonds. The van der Waals surface area contributed by atoms with E-state index in [9.17, 15) is 14.4 Å². The van der Waals surface area contributed by atoms with Crippen LogP contribution in [-0.4, -0.2) is 66.6 Å². The third kappa shape index (κ3) is 4.41. The molecule has 2 aliphatic heterocycles. The number of carbonyl (C=O) groups excluding carboxylic acids is 2. The predicted molar refractivity (Wildman–Crippen MR) is 119 cm³/mol. The molecule has 1 aromatic heterocycles. The average Bonchev–Trinajstić information content (AvgIpc) is 3.31. The van der Waals surface area contributed by atoms with Crippen LogP contribution in [0.2, 0.25) is 0 Å². The molecule has 0 aliphatic carbocycles. The molecule has 2 aromatic rings. The normalized spacial score (nSPS) is 17.7. The zero-order chi connectivity index (χ0) is 22.7. The number of aromatic amines is 1. The quantitative estimate of drug-likeness (QED) is 0.744. The van der Waals surface area contributed by atoms with E-state index in [1.807, 2.05) is 19.1 Å². The van der Waals surface area contributed by atoms with Gasteiger partial charge in [0, 0.05) is 45.4 Å². The minimum Gasteiger partial charge on any atom is -0.493 e. The van der Waals surface area contributed by atoms with Gasteiger partial charge in [0.25, 0.3) is 17.4 Å². The topological polar surface area (TPSA) is 91.9 Å². The summed E-state index contributed by atoms with van der Waals surface area (Å²) in [4.78, 5) is 45.0. The lowest BCUT2D eigenvalue weighted by atomic mass is 9.95. The van der Waals surface area contributed by atoms with Gasteiger partial charge in [0.1, 0.15) is 11.3 Å². The van der Waals surface area contributed by atoms with E-state index in [1.54, 1.807) is 35.2 Å². The summed E-state index contributed by atoms with van der Waals surface area (Å²) >= 11 is 0. The van der Waals surface area contributed by atoms with E-state index < -0.39 is 0 Å². The number of para-hydroxylation sites is 1. The average molecular weight is 440 g/mol. The van der Waals surface area contributed by atoms with Gasteiger partial charge in [0.15, 0.2) is 0 Å². The van der Waals surface area contributed by atoms with Crippen LogP contribution < -0.4 is 10.3 Å². The molecular weight excluding hydrogens is 410 g/mol. The maximum Gasteiger partial charge on any atom is 0.261 e. The molecule has 0 saturated carbocycles. The first-order valence-electron chi connectivity index (χ1n) is 11.1. The van der Waals surface area contributed by atoms with Crippen LogP contribution in [0.5, 0.6) is 5.75 Å². The molecule has 2 aliphatic rings. The lowest BCUT2D eigenvalue weighted by Gasteiger charge is -2.31. The van der Waals surface area contributed by atoms with Crippen molar-refractivity contribution in [2.45, 2.75) is 26.3 Å². The number of benzene rings is 1. The molecule has 0 radical (unpaired) electrons. The minimum absolute atomic E-state index is 0.128. The molecule has 0 spiro atoms. The summed E-state index contributed by atoms with van der Waals surface area (Å²) in [5, 5.41) is 0. The second-order valence-electron chi connectivity index (χ2n) is 8.32. The summed E-state index contributed by atoms with van der Waals surface area (Å²) in [6.07, 6.45) is 2.98. The molecule has 1 fully saturated rings. The second-order valence-corrected chi connectivity index (χ2v) is 8.32. The van der Waals surface area contributed by atoms with Gasteiger partial charge in [-0.05, 0) is 43.0 Å². The number of pyridine rings is 1. The first kappa shape index (κ1) is 22.1. The molecule has 170 valence electrons. The highest BCUT2D eigenvalue weighted by atomic mass is 16.5. The van der Waals surface area contributed by atoms with Crippen LogP contribution in [0.1, 0.15) is 45.2 Å². The number of nitrogens with zero attached hydrogens (tertiary/aromatic N) is 2. The zero-order valence-electron chi connectivity index (χ0n) is 18.6. The van der Waals surface area contributed by atoms with E-state index >= 15 is 0 Å². The number of fused-ring (bicyclic) bond motifs is 1. The molecule has 1 unspecified atom stereocenters. The number of rotatable bonds is 6. The molecule has 8 heteroatoms. The predicted octanol–water partition coefficient (Wildman–Crippen LogP) is 2.08. The van der Waals surface area contributed by atoms with Crippen molar-refractivity contribution in [3.05, 3.63) is 63.1 Å². The monoisotopic (exact) mass is 439 g/mol. The van der Waals surface area contributed by atoms with Crippen LogP contribution in [0.4, 0.5) is 0 Å². The Morgan fingerprint density at radius 3 is 2.88 bits per heavy atom. The van der Waals surface area contributed by atoms with Gasteiger partial charge in [0.2, 0.25) is 0 Å². The molecular formula is C24H29N3O5. The first-order chi connectivity index (χ1) is 15.5. The highest BCUT2D eigenvalue weighted by Crippen LogP contribution is 2.26. The lowest BCUT2D eigenvalue weighted by Crippen LogP contribution is -2.41. The number of hydrogen-bond acceptors (Lipinski definition) is 5. The number of ether oxygens (including phenoxy) is 2. The molecule has 1 atom stereocenters. The summed E-state index contributed by atoms with van der Waals surface area (Å²) in [6.45, 7) is 5.01. The van der Waals surface area contributed by atoms with Crippen molar-refractivity contribution in [3.8, 4) is 5.75 Å². The Kier molecular flexibility index (Phi) is 6.60. The largest absolute Gasteiger partial charge is 0.493 e. The van der Waals surface area contributed by atoms with Crippen molar-refractivity contribution in [2.24, 2.45) is 5.92 Å². The van der Waals surface area contributed by atoms with E-state index in [4.69, 9.17) is 9.47 Å². The molecule has 3 heterocycles. The van der Waals surface area contributed by atoms with E-state index in [0.29, 0.717) is 63.1 Å². The van der Waals surface area contributed by atoms with Gasteiger partial charge in [-0.3, -0.25) is 14.4 Å². The van der Waals surface area contributed by atoms with Gasteiger partial charge in [-0.25, -0.2) is 0 Å². The third-order valence-electron chi connectivity index (χ3n) is 6.11. The van der Waals surface area contributed by atoms with Gasteiger partial charge in [-0.15, -0.1) is 0 Å². The van der Waals surface area contributed by atoms with Gasteiger partial charge in [-0.1, -0.05) is 12.1 Å². The lowest BCUT2D eigenvalue weighted by molar-refractivity contribution is 0.0728. The van der Waals surface area contributed by atoms with Crippen LogP contribution in [0.25, 0.3) is 0 Å². The number of aromatic nitrogens is 1. The van der Waals surface area contributed by atoms with Crippen LogP contribution in [0.3, 0.4) is 0 Å². The maximum atomic E-state index is 13.2. The van der Waals surface area contributed by atoms with E-state index in [1.165, 1.54) is 0 Å². The maximum absolute atomic E-state index is 13.2. The van der Waals surface area contributed by atoms with Crippen LogP contribution in [0, 0.1) is 5.92 Å². The van der Waals surface area contributed by atoms with Gasteiger partial charge < -0.3 is 24.3 Å². The minimum atomic E-state index is -0.385.